The van der Waals surface area contributed by atoms with Crippen LogP contribution in [0.4, 0.5) is 0 Å². The summed E-state index contributed by atoms with van der Waals surface area (Å²) in [5.74, 6) is 0.468. The molecule has 0 aliphatic carbocycles. The van der Waals surface area contributed by atoms with Gasteiger partial charge in [0, 0.05) is 13.2 Å². The number of hydrogen-bond acceptors (Lipinski definition) is 5. The first-order valence-electron chi connectivity index (χ1n) is 8.34. The minimum absolute atomic E-state index is 0.0413. The predicted molar refractivity (Wildman–Crippen MR) is 96.1 cm³/mol. The second-order valence-electron chi connectivity index (χ2n) is 6.42. The molecule has 0 aliphatic heterocycles. The van der Waals surface area contributed by atoms with Gasteiger partial charge in [0.25, 0.3) is 0 Å². The van der Waals surface area contributed by atoms with Gasteiger partial charge in [-0.15, -0.1) is 0 Å². The summed E-state index contributed by atoms with van der Waals surface area (Å²) in [6.45, 7) is 1.74. The highest BCUT2D eigenvalue weighted by molar-refractivity contribution is 5.42. The van der Waals surface area contributed by atoms with Crippen LogP contribution < -0.4 is 4.74 Å². The van der Waals surface area contributed by atoms with Gasteiger partial charge in [-0.3, -0.25) is 0 Å². The van der Waals surface area contributed by atoms with Crippen molar-refractivity contribution in [2.24, 2.45) is 11.8 Å². The number of aliphatic hydroxyl groups excluding tert-OH is 2. The van der Waals surface area contributed by atoms with Crippen LogP contribution in [0.2, 0.25) is 0 Å². The van der Waals surface area contributed by atoms with Crippen molar-refractivity contribution in [3.63, 3.8) is 0 Å². The topological polar surface area (TPSA) is 90.2 Å². The molecule has 0 spiro atoms. The highest BCUT2D eigenvalue weighted by Crippen LogP contribution is 2.29. The molecule has 1 unspecified atom stereocenters. The summed E-state index contributed by atoms with van der Waals surface area (Å²) in [4.78, 5) is 0. The number of aryl methyl sites for hydroxylation is 1. The minimum atomic E-state index is -0.131. The number of aromatic hydroxyl groups is 2. The monoisotopic (exact) mass is 346 g/mol. The quantitative estimate of drug-likeness (QED) is 0.589. The Morgan fingerprint density at radius 1 is 0.840 bits per heavy atom. The number of phenolic OH excluding ortho intramolecular Hbond substituents is 2. The van der Waals surface area contributed by atoms with E-state index in [9.17, 15) is 20.4 Å². The van der Waals surface area contributed by atoms with Gasteiger partial charge < -0.3 is 25.2 Å². The third kappa shape index (κ3) is 4.87. The number of aliphatic hydroxyl groups is 2. The lowest BCUT2D eigenvalue weighted by Gasteiger charge is -2.24. The Morgan fingerprint density at radius 2 is 1.36 bits per heavy atom. The summed E-state index contributed by atoms with van der Waals surface area (Å²) in [5.41, 5.74) is 2.73. The lowest BCUT2D eigenvalue weighted by atomic mass is 9.83. The maximum absolute atomic E-state index is 9.81. The first-order valence-corrected chi connectivity index (χ1v) is 8.34. The number of benzene rings is 2. The molecule has 0 saturated heterocycles. The van der Waals surface area contributed by atoms with Crippen LogP contribution in [0.25, 0.3) is 0 Å². The van der Waals surface area contributed by atoms with Crippen LogP contribution in [0.1, 0.15) is 16.7 Å². The zero-order valence-corrected chi connectivity index (χ0v) is 14.6. The van der Waals surface area contributed by atoms with Crippen LogP contribution in [0.3, 0.4) is 0 Å². The molecule has 0 saturated carbocycles. The van der Waals surface area contributed by atoms with Crippen LogP contribution >= 0.6 is 0 Å². The molecule has 0 aliphatic rings. The van der Waals surface area contributed by atoms with Crippen LogP contribution in [0.5, 0.6) is 17.2 Å². The summed E-state index contributed by atoms with van der Waals surface area (Å²) >= 11 is 0. The second-order valence-corrected chi connectivity index (χ2v) is 6.42. The van der Waals surface area contributed by atoms with Gasteiger partial charge in [0.05, 0.1) is 7.11 Å². The molecule has 0 radical (unpaired) electrons. The average molecular weight is 346 g/mol. The van der Waals surface area contributed by atoms with Crippen molar-refractivity contribution in [2.75, 3.05) is 20.3 Å². The number of hydrogen-bond donors (Lipinski definition) is 4. The highest BCUT2D eigenvalue weighted by atomic mass is 16.5. The normalized spacial score (nSPS) is 13.4. The fourth-order valence-electron chi connectivity index (χ4n) is 3.06. The molecule has 0 aromatic heterocycles. The van der Waals surface area contributed by atoms with E-state index in [0.717, 1.165) is 16.7 Å². The zero-order chi connectivity index (χ0) is 18.4. The fourth-order valence-corrected chi connectivity index (χ4v) is 3.06. The molecule has 25 heavy (non-hydrogen) atoms. The molecule has 0 bridgehead atoms. The number of methoxy groups -OCH3 is 1. The third-order valence-corrected chi connectivity index (χ3v) is 4.64. The summed E-state index contributed by atoms with van der Waals surface area (Å²) in [6, 6.07) is 10.5. The minimum Gasteiger partial charge on any atom is -0.508 e. The van der Waals surface area contributed by atoms with E-state index in [0.29, 0.717) is 18.6 Å². The van der Waals surface area contributed by atoms with Crippen molar-refractivity contribution in [3.05, 3.63) is 53.1 Å². The van der Waals surface area contributed by atoms with Crippen molar-refractivity contribution >= 4 is 0 Å². The van der Waals surface area contributed by atoms with E-state index < -0.39 is 0 Å². The highest BCUT2D eigenvalue weighted by Gasteiger charge is 2.22. The summed E-state index contributed by atoms with van der Waals surface area (Å²) in [5, 5.41) is 39.0. The first-order chi connectivity index (χ1) is 12.0. The maximum atomic E-state index is 9.81. The largest absolute Gasteiger partial charge is 0.508 e. The lowest BCUT2D eigenvalue weighted by molar-refractivity contribution is 0.119. The zero-order valence-electron chi connectivity index (χ0n) is 14.6. The Morgan fingerprint density at radius 3 is 1.84 bits per heavy atom. The molecule has 136 valence electrons. The maximum Gasteiger partial charge on any atom is 0.160 e. The van der Waals surface area contributed by atoms with Crippen LogP contribution in [0.15, 0.2) is 36.4 Å². The fraction of sp³-hybridized carbons (Fsp3) is 0.400. The third-order valence-electron chi connectivity index (χ3n) is 4.64. The SMILES string of the molecule is COc1cc(C[C@H](CO)C(CO)Cc2ccc(O)c(C)c2)ccc1O. The van der Waals surface area contributed by atoms with E-state index >= 15 is 0 Å². The molecule has 0 amide bonds. The summed E-state index contributed by atoms with van der Waals surface area (Å²) in [7, 11) is 1.49. The Hall–Kier alpha value is -2.24. The molecule has 0 fully saturated rings. The Balaban J connectivity index is 2.14. The molecule has 2 atom stereocenters. The van der Waals surface area contributed by atoms with E-state index in [4.69, 9.17) is 4.74 Å². The standard InChI is InChI=1S/C20H26O5/c1-13-7-14(3-5-18(13)23)8-16(11-21)17(12-22)9-15-4-6-19(24)20(10-15)25-2/h3-7,10,16-17,21-24H,8-9,11-12H2,1-2H3/t16?,17-/m1/s1. The Bertz CT molecular complexity index is 698. The first kappa shape index (κ1) is 19.1. The van der Waals surface area contributed by atoms with Crippen molar-refractivity contribution in [2.45, 2.75) is 19.8 Å². The van der Waals surface area contributed by atoms with Gasteiger partial charge in [-0.2, -0.15) is 0 Å². The summed E-state index contributed by atoms with van der Waals surface area (Å²) < 4.78 is 5.12. The number of ether oxygens (including phenoxy) is 1. The van der Waals surface area contributed by atoms with Crippen LogP contribution in [-0.4, -0.2) is 40.7 Å². The van der Waals surface area contributed by atoms with Crippen LogP contribution in [0, 0.1) is 18.8 Å². The molecule has 0 heterocycles. The molecule has 5 nitrogen and oxygen atoms in total. The molecule has 4 N–H and O–H groups in total. The Kier molecular flexibility index (Phi) is 6.67. The van der Waals surface area contributed by atoms with Gasteiger partial charge in [-0.1, -0.05) is 18.2 Å². The predicted octanol–water partition coefficient (Wildman–Crippen LogP) is 2.42. The van der Waals surface area contributed by atoms with Crippen molar-refractivity contribution in [1.29, 1.82) is 0 Å². The molecule has 2 aromatic carbocycles. The molecular formula is C20H26O5. The van der Waals surface area contributed by atoms with Gasteiger partial charge in [-0.25, -0.2) is 0 Å². The van der Waals surface area contributed by atoms with Gasteiger partial charge in [0.1, 0.15) is 5.75 Å². The molecular weight excluding hydrogens is 320 g/mol. The summed E-state index contributed by atoms with van der Waals surface area (Å²) in [6.07, 6.45) is 1.17. The average Bonchev–Trinajstić information content (AvgIpc) is 2.62. The van der Waals surface area contributed by atoms with Gasteiger partial charge >= 0.3 is 0 Å². The smallest absolute Gasteiger partial charge is 0.160 e. The van der Waals surface area contributed by atoms with E-state index in [1.54, 1.807) is 24.3 Å². The Labute approximate surface area is 148 Å². The van der Waals surface area contributed by atoms with Gasteiger partial charge in [-0.05, 0) is 66.5 Å². The van der Waals surface area contributed by atoms with Crippen molar-refractivity contribution in [3.8, 4) is 17.2 Å². The van der Waals surface area contributed by atoms with Crippen LogP contribution in [-0.2, 0) is 12.8 Å². The van der Waals surface area contributed by atoms with Crippen molar-refractivity contribution < 1.29 is 25.2 Å². The van der Waals surface area contributed by atoms with E-state index in [-0.39, 0.29) is 36.5 Å². The van der Waals surface area contributed by atoms with E-state index in [2.05, 4.69) is 0 Å². The van der Waals surface area contributed by atoms with Gasteiger partial charge in [0.2, 0.25) is 0 Å². The van der Waals surface area contributed by atoms with E-state index in [1.807, 2.05) is 19.1 Å². The lowest BCUT2D eigenvalue weighted by Crippen LogP contribution is -2.26. The van der Waals surface area contributed by atoms with Gasteiger partial charge in [0.15, 0.2) is 11.5 Å². The molecule has 2 aromatic rings. The molecule has 5 heteroatoms. The van der Waals surface area contributed by atoms with Crippen molar-refractivity contribution in [1.82, 2.24) is 0 Å². The van der Waals surface area contributed by atoms with E-state index in [1.165, 1.54) is 7.11 Å². The number of rotatable bonds is 8. The second kappa shape index (κ2) is 8.74. The number of phenols is 2. The molecule has 2 rings (SSSR count).